The minimum atomic E-state index is -0.0620. The molecule has 3 aromatic rings. The number of aryl methyl sites for hydroxylation is 2. The van der Waals surface area contributed by atoms with Crippen LogP contribution in [-0.2, 0) is 5.75 Å². The summed E-state index contributed by atoms with van der Waals surface area (Å²) in [5, 5.41) is 12.8. The van der Waals surface area contributed by atoms with Crippen molar-refractivity contribution in [3.63, 3.8) is 0 Å². The first-order valence-electron chi connectivity index (χ1n) is 6.77. The molecular formula is C13H15N5OS3. The minimum Gasteiger partial charge on any atom is -0.360 e. The molecule has 0 saturated carbocycles. The molecule has 0 radical (unpaired) electrons. The summed E-state index contributed by atoms with van der Waals surface area (Å²) in [7, 11) is 0. The van der Waals surface area contributed by atoms with Gasteiger partial charge in [0, 0.05) is 11.4 Å². The molecule has 0 saturated heterocycles. The Morgan fingerprint density at radius 1 is 1.27 bits per heavy atom. The number of aromatic nitrogens is 4. The summed E-state index contributed by atoms with van der Waals surface area (Å²) < 4.78 is 0.859. The van der Waals surface area contributed by atoms with E-state index < -0.39 is 0 Å². The lowest BCUT2D eigenvalue weighted by molar-refractivity contribution is 0.995. The second kappa shape index (κ2) is 6.35. The predicted molar refractivity (Wildman–Crippen MR) is 93.3 cm³/mol. The lowest BCUT2D eigenvalue weighted by Crippen LogP contribution is -2.10. The van der Waals surface area contributed by atoms with Gasteiger partial charge < -0.3 is 10.3 Å². The molecule has 0 atom stereocenters. The van der Waals surface area contributed by atoms with Gasteiger partial charge in [-0.15, -0.1) is 21.5 Å². The molecule has 2 N–H and O–H groups in total. The number of thioether (sulfide) groups is 1. The lowest BCUT2D eigenvalue weighted by atomic mass is 10.2. The molecule has 0 bridgehead atoms. The second-order valence-corrected chi connectivity index (χ2v) is 8.07. The van der Waals surface area contributed by atoms with E-state index in [1.807, 2.05) is 20.8 Å². The maximum atomic E-state index is 12.2. The van der Waals surface area contributed by atoms with E-state index in [4.69, 9.17) is 0 Å². The van der Waals surface area contributed by atoms with Crippen LogP contribution in [0.25, 0.3) is 10.2 Å². The minimum absolute atomic E-state index is 0.0620. The summed E-state index contributed by atoms with van der Waals surface area (Å²) in [6.45, 7) is 6.81. The monoisotopic (exact) mass is 353 g/mol. The van der Waals surface area contributed by atoms with Gasteiger partial charge >= 0.3 is 0 Å². The topological polar surface area (TPSA) is 83.6 Å². The third kappa shape index (κ3) is 3.01. The van der Waals surface area contributed by atoms with Crippen LogP contribution < -0.4 is 10.9 Å². The van der Waals surface area contributed by atoms with Gasteiger partial charge in [-0.25, -0.2) is 4.98 Å². The predicted octanol–water partition coefficient (Wildman–Crippen LogP) is 3.18. The molecular weight excluding hydrogens is 338 g/mol. The number of nitrogens with one attached hydrogen (secondary N) is 2. The van der Waals surface area contributed by atoms with Crippen LogP contribution in [0.2, 0.25) is 0 Å². The van der Waals surface area contributed by atoms with Crippen molar-refractivity contribution >= 4 is 49.8 Å². The number of aromatic amines is 1. The molecule has 0 amide bonds. The van der Waals surface area contributed by atoms with Crippen molar-refractivity contribution in [2.24, 2.45) is 0 Å². The average Bonchev–Trinajstić information content (AvgIpc) is 3.03. The van der Waals surface area contributed by atoms with E-state index >= 15 is 0 Å². The van der Waals surface area contributed by atoms with E-state index in [1.165, 1.54) is 23.1 Å². The van der Waals surface area contributed by atoms with E-state index in [-0.39, 0.29) is 5.56 Å². The maximum Gasteiger partial charge on any atom is 0.259 e. The van der Waals surface area contributed by atoms with Gasteiger partial charge in [0.2, 0.25) is 5.13 Å². The highest BCUT2D eigenvalue weighted by atomic mass is 32.2. The fraction of sp³-hybridized carbons (Fsp3) is 0.385. The summed E-state index contributed by atoms with van der Waals surface area (Å²) in [6, 6.07) is 0. The first-order valence-corrected chi connectivity index (χ1v) is 9.39. The van der Waals surface area contributed by atoms with E-state index in [9.17, 15) is 4.79 Å². The molecule has 116 valence electrons. The number of hydrogen-bond acceptors (Lipinski definition) is 8. The smallest absolute Gasteiger partial charge is 0.259 e. The van der Waals surface area contributed by atoms with Crippen molar-refractivity contribution in [1.82, 2.24) is 20.2 Å². The van der Waals surface area contributed by atoms with Crippen LogP contribution in [0, 0.1) is 13.8 Å². The molecule has 3 rings (SSSR count). The molecule has 6 nitrogen and oxygen atoms in total. The molecule has 3 heterocycles. The van der Waals surface area contributed by atoms with Crippen LogP contribution >= 0.6 is 34.4 Å². The molecule has 0 spiro atoms. The number of fused-ring (bicyclic) bond motifs is 1. The summed E-state index contributed by atoms with van der Waals surface area (Å²) >= 11 is 4.59. The van der Waals surface area contributed by atoms with Crippen molar-refractivity contribution in [3.05, 3.63) is 26.6 Å². The van der Waals surface area contributed by atoms with Crippen molar-refractivity contribution in [2.45, 2.75) is 30.9 Å². The number of nitrogens with zero attached hydrogens (tertiary/aromatic N) is 3. The second-order valence-electron chi connectivity index (χ2n) is 4.67. The fourth-order valence-corrected chi connectivity index (χ4v) is 4.73. The van der Waals surface area contributed by atoms with Crippen LogP contribution in [0.3, 0.4) is 0 Å². The molecule has 22 heavy (non-hydrogen) atoms. The van der Waals surface area contributed by atoms with E-state index in [2.05, 4.69) is 25.5 Å². The molecule has 0 aliphatic carbocycles. The van der Waals surface area contributed by atoms with Gasteiger partial charge in [-0.1, -0.05) is 23.1 Å². The van der Waals surface area contributed by atoms with E-state index in [0.29, 0.717) is 17.0 Å². The quantitative estimate of drug-likeness (QED) is 0.686. The summed E-state index contributed by atoms with van der Waals surface area (Å²) in [5.74, 6) is 1.24. The van der Waals surface area contributed by atoms with Gasteiger partial charge in [0.1, 0.15) is 10.7 Å². The SMILES string of the molecule is CCNc1nnc(SCc2nc3sc(C)c(C)c3c(=O)[nH]2)s1. The van der Waals surface area contributed by atoms with Crippen molar-refractivity contribution < 1.29 is 0 Å². The Labute approximate surface area is 139 Å². The van der Waals surface area contributed by atoms with Crippen molar-refractivity contribution in [3.8, 4) is 0 Å². The molecule has 0 fully saturated rings. The number of anilines is 1. The van der Waals surface area contributed by atoms with Gasteiger partial charge in [-0.2, -0.15) is 0 Å². The zero-order valence-electron chi connectivity index (χ0n) is 12.4. The first kappa shape index (κ1) is 15.4. The Morgan fingerprint density at radius 2 is 2.09 bits per heavy atom. The molecule has 3 aromatic heterocycles. The molecule has 0 aliphatic rings. The van der Waals surface area contributed by atoms with Gasteiger partial charge in [-0.05, 0) is 26.3 Å². The third-order valence-electron chi connectivity index (χ3n) is 3.15. The van der Waals surface area contributed by atoms with E-state index in [0.717, 1.165) is 31.3 Å². The third-order valence-corrected chi connectivity index (χ3v) is 6.28. The molecule has 0 aromatic carbocycles. The van der Waals surface area contributed by atoms with Crippen LogP contribution in [-0.4, -0.2) is 26.7 Å². The standard InChI is InChI=1S/C13H15N5OS3/c1-4-14-12-17-18-13(22-12)20-5-8-15-10(19)9-6(2)7(3)21-11(9)16-8/h4-5H2,1-3H3,(H,14,17)(H,15,16,19). The highest BCUT2D eigenvalue weighted by Crippen LogP contribution is 2.29. The Kier molecular flexibility index (Phi) is 4.46. The van der Waals surface area contributed by atoms with Crippen LogP contribution in [0.4, 0.5) is 5.13 Å². The zero-order chi connectivity index (χ0) is 15.7. The largest absolute Gasteiger partial charge is 0.360 e. The van der Waals surface area contributed by atoms with Gasteiger partial charge in [-0.3, -0.25) is 4.79 Å². The molecule has 9 heteroatoms. The zero-order valence-corrected chi connectivity index (χ0v) is 14.8. The number of rotatable bonds is 5. The van der Waals surface area contributed by atoms with Crippen molar-refractivity contribution in [2.75, 3.05) is 11.9 Å². The maximum absolute atomic E-state index is 12.2. The van der Waals surface area contributed by atoms with Gasteiger partial charge in [0.05, 0.1) is 11.1 Å². The van der Waals surface area contributed by atoms with Gasteiger partial charge in [0.25, 0.3) is 5.56 Å². The lowest BCUT2D eigenvalue weighted by Gasteiger charge is -1.99. The highest BCUT2D eigenvalue weighted by molar-refractivity contribution is 8.00. The Morgan fingerprint density at radius 3 is 2.86 bits per heavy atom. The van der Waals surface area contributed by atoms with Crippen molar-refractivity contribution in [1.29, 1.82) is 0 Å². The van der Waals surface area contributed by atoms with Crippen LogP contribution in [0.5, 0.6) is 0 Å². The van der Waals surface area contributed by atoms with Gasteiger partial charge in [0.15, 0.2) is 4.34 Å². The van der Waals surface area contributed by atoms with Crippen LogP contribution in [0.15, 0.2) is 9.13 Å². The summed E-state index contributed by atoms with van der Waals surface area (Å²) in [6.07, 6.45) is 0. The Bertz CT molecular complexity index is 866. The Balaban J connectivity index is 1.80. The average molecular weight is 353 g/mol. The van der Waals surface area contributed by atoms with Crippen LogP contribution in [0.1, 0.15) is 23.2 Å². The summed E-state index contributed by atoms with van der Waals surface area (Å²) in [5.41, 5.74) is 0.959. The molecule has 0 aliphatic heterocycles. The number of hydrogen-bond donors (Lipinski definition) is 2. The number of H-pyrrole nitrogens is 1. The van der Waals surface area contributed by atoms with E-state index in [1.54, 1.807) is 11.3 Å². The summed E-state index contributed by atoms with van der Waals surface area (Å²) in [4.78, 5) is 21.6. The normalized spacial score (nSPS) is 11.2. The Hall–Kier alpha value is -1.45. The molecule has 0 unspecified atom stereocenters. The highest BCUT2D eigenvalue weighted by Gasteiger charge is 2.12. The first-order chi connectivity index (χ1) is 10.6. The number of thiophene rings is 1. The fourth-order valence-electron chi connectivity index (χ4n) is 1.99.